The fraction of sp³-hybridized carbons (Fsp3) is 0.300. The van der Waals surface area contributed by atoms with Gasteiger partial charge >= 0.3 is 6.03 Å². The maximum absolute atomic E-state index is 11.9. The van der Waals surface area contributed by atoms with Crippen molar-refractivity contribution in [2.24, 2.45) is 0 Å². The summed E-state index contributed by atoms with van der Waals surface area (Å²) in [6, 6.07) is 17.5. The number of imide groups is 1. The van der Waals surface area contributed by atoms with Gasteiger partial charge in [0.25, 0.3) is 0 Å². The molecule has 6 heteroatoms. The van der Waals surface area contributed by atoms with E-state index in [9.17, 15) is 9.59 Å². The van der Waals surface area contributed by atoms with Crippen LogP contribution < -0.4 is 20.9 Å². The number of nitrogens with zero attached hydrogens (tertiary/aromatic N) is 1. The van der Waals surface area contributed by atoms with Crippen LogP contribution in [0.15, 0.2) is 54.6 Å². The fourth-order valence-corrected chi connectivity index (χ4v) is 2.53. The monoisotopic (exact) mass is 354 g/mol. The second-order valence-electron chi connectivity index (χ2n) is 6.02. The normalized spacial score (nSPS) is 10.1. The summed E-state index contributed by atoms with van der Waals surface area (Å²) in [6.07, 6.45) is 0.820. The van der Waals surface area contributed by atoms with Crippen molar-refractivity contribution in [1.29, 1.82) is 0 Å². The Bertz CT molecular complexity index is 719. The highest BCUT2D eigenvalue weighted by molar-refractivity contribution is 5.96. The molecular weight excluding hydrogens is 328 g/mol. The van der Waals surface area contributed by atoms with E-state index in [1.165, 1.54) is 5.56 Å². The molecule has 6 nitrogen and oxygen atoms in total. The quantitative estimate of drug-likeness (QED) is 0.681. The molecule has 2 aromatic rings. The molecule has 0 fully saturated rings. The second-order valence-corrected chi connectivity index (χ2v) is 6.02. The molecule has 0 aliphatic carbocycles. The van der Waals surface area contributed by atoms with Gasteiger partial charge in [-0.25, -0.2) is 4.79 Å². The smallest absolute Gasteiger partial charge is 0.321 e. The number of nitrogens with one attached hydrogen (secondary N) is 3. The van der Waals surface area contributed by atoms with E-state index in [4.69, 9.17) is 0 Å². The lowest BCUT2D eigenvalue weighted by molar-refractivity contribution is -0.118. The van der Waals surface area contributed by atoms with Gasteiger partial charge in [0.05, 0.1) is 17.9 Å². The summed E-state index contributed by atoms with van der Waals surface area (Å²) >= 11 is 0. The highest BCUT2D eigenvalue weighted by Gasteiger charge is 2.10. The lowest BCUT2D eigenvalue weighted by Gasteiger charge is -2.23. The number of hydrogen-bond donors (Lipinski definition) is 3. The number of anilines is 2. The van der Waals surface area contributed by atoms with Gasteiger partial charge in [-0.05, 0) is 24.1 Å². The van der Waals surface area contributed by atoms with Gasteiger partial charge < -0.3 is 15.5 Å². The van der Waals surface area contributed by atoms with Gasteiger partial charge in [-0.2, -0.15) is 0 Å². The fourth-order valence-electron chi connectivity index (χ4n) is 2.53. The second kappa shape index (κ2) is 10.1. The van der Waals surface area contributed by atoms with Crippen LogP contribution in [0, 0.1) is 0 Å². The van der Waals surface area contributed by atoms with E-state index in [1.807, 2.05) is 56.4 Å². The Kier molecular flexibility index (Phi) is 7.49. The summed E-state index contributed by atoms with van der Waals surface area (Å²) in [5.74, 6) is -0.376. The molecule has 2 aromatic carbocycles. The maximum Gasteiger partial charge on any atom is 0.321 e. The summed E-state index contributed by atoms with van der Waals surface area (Å²) in [6.45, 7) is 3.27. The van der Waals surface area contributed by atoms with Crippen LogP contribution in [0.5, 0.6) is 0 Å². The van der Waals surface area contributed by atoms with Crippen LogP contribution in [0.25, 0.3) is 0 Å². The molecule has 26 heavy (non-hydrogen) atoms. The van der Waals surface area contributed by atoms with Gasteiger partial charge in [0.15, 0.2) is 0 Å². The summed E-state index contributed by atoms with van der Waals surface area (Å²) in [7, 11) is 2.01. The lowest BCUT2D eigenvalue weighted by Crippen LogP contribution is -2.42. The van der Waals surface area contributed by atoms with E-state index in [0.717, 1.165) is 24.3 Å². The molecule has 0 bridgehead atoms. The number of benzene rings is 2. The zero-order valence-electron chi connectivity index (χ0n) is 15.3. The zero-order valence-corrected chi connectivity index (χ0v) is 15.3. The van der Waals surface area contributed by atoms with Crippen LogP contribution >= 0.6 is 0 Å². The number of hydrogen-bond acceptors (Lipinski definition) is 4. The highest BCUT2D eigenvalue weighted by atomic mass is 16.2. The SMILES string of the molecule is CCCNC(=O)NC(=O)CNc1ccccc1N(C)Cc1ccccc1. The maximum atomic E-state index is 11.9. The van der Waals surface area contributed by atoms with Crippen LogP contribution in [0.1, 0.15) is 18.9 Å². The third-order valence-electron chi connectivity index (χ3n) is 3.81. The first-order valence-electron chi connectivity index (χ1n) is 8.75. The van der Waals surface area contributed by atoms with Crippen LogP contribution in [0.4, 0.5) is 16.2 Å². The number of carbonyl (C=O) groups is 2. The Morgan fingerprint density at radius 1 is 1.00 bits per heavy atom. The number of rotatable bonds is 8. The van der Waals surface area contributed by atoms with Crippen molar-refractivity contribution in [2.75, 3.05) is 30.4 Å². The molecule has 138 valence electrons. The third kappa shape index (κ3) is 6.12. The van der Waals surface area contributed by atoms with Crippen molar-refractivity contribution >= 4 is 23.3 Å². The van der Waals surface area contributed by atoms with E-state index in [2.05, 4.69) is 33.0 Å². The highest BCUT2D eigenvalue weighted by Crippen LogP contribution is 2.25. The van der Waals surface area contributed by atoms with E-state index in [0.29, 0.717) is 6.54 Å². The number of para-hydroxylation sites is 2. The summed E-state index contributed by atoms with van der Waals surface area (Å²) in [5.41, 5.74) is 3.03. The molecule has 0 aliphatic rings. The van der Waals surface area contributed by atoms with Crippen molar-refractivity contribution in [2.45, 2.75) is 19.9 Å². The first-order chi connectivity index (χ1) is 12.6. The molecule has 3 amide bonds. The molecule has 0 aromatic heterocycles. The van der Waals surface area contributed by atoms with Gasteiger partial charge in [-0.15, -0.1) is 0 Å². The topological polar surface area (TPSA) is 73.5 Å². The minimum atomic E-state index is -0.465. The van der Waals surface area contributed by atoms with Crippen LogP contribution in [0.2, 0.25) is 0 Å². The summed E-state index contributed by atoms with van der Waals surface area (Å²) in [4.78, 5) is 25.6. The predicted octanol–water partition coefficient (Wildman–Crippen LogP) is 2.97. The molecule has 0 saturated heterocycles. The molecule has 0 spiro atoms. The van der Waals surface area contributed by atoms with Crippen molar-refractivity contribution in [3.63, 3.8) is 0 Å². The Morgan fingerprint density at radius 2 is 1.69 bits per heavy atom. The Morgan fingerprint density at radius 3 is 2.42 bits per heavy atom. The largest absolute Gasteiger partial charge is 0.374 e. The summed E-state index contributed by atoms with van der Waals surface area (Å²) in [5, 5.41) is 8.03. The molecule has 3 N–H and O–H groups in total. The first-order valence-corrected chi connectivity index (χ1v) is 8.75. The standard InChI is InChI=1S/C20H26N4O2/c1-3-13-21-20(26)23-19(25)14-22-17-11-7-8-12-18(17)24(2)15-16-9-5-4-6-10-16/h4-12,22H,3,13-15H2,1-2H3,(H2,21,23,25,26). The Labute approximate surface area is 154 Å². The van der Waals surface area contributed by atoms with Crippen molar-refractivity contribution in [1.82, 2.24) is 10.6 Å². The van der Waals surface area contributed by atoms with E-state index < -0.39 is 6.03 Å². The third-order valence-corrected chi connectivity index (χ3v) is 3.81. The van der Waals surface area contributed by atoms with Crippen molar-refractivity contribution in [3.8, 4) is 0 Å². The average Bonchev–Trinajstić information content (AvgIpc) is 2.65. The minimum absolute atomic E-state index is 0.0235. The molecular formula is C20H26N4O2. The van der Waals surface area contributed by atoms with Crippen LogP contribution in [-0.4, -0.2) is 32.1 Å². The number of amides is 3. The lowest BCUT2D eigenvalue weighted by atomic mass is 10.2. The molecule has 0 aliphatic heterocycles. The summed E-state index contributed by atoms with van der Waals surface area (Å²) < 4.78 is 0. The average molecular weight is 354 g/mol. The van der Waals surface area contributed by atoms with Crippen molar-refractivity contribution in [3.05, 3.63) is 60.2 Å². The molecule has 2 rings (SSSR count). The van der Waals surface area contributed by atoms with Crippen LogP contribution in [-0.2, 0) is 11.3 Å². The van der Waals surface area contributed by atoms with Gasteiger partial charge in [0.1, 0.15) is 0 Å². The van der Waals surface area contributed by atoms with Gasteiger partial charge in [-0.3, -0.25) is 10.1 Å². The van der Waals surface area contributed by atoms with E-state index >= 15 is 0 Å². The minimum Gasteiger partial charge on any atom is -0.374 e. The van der Waals surface area contributed by atoms with Crippen molar-refractivity contribution < 1.29 is 9.59 Å². The van der Waals surface area contributed by atoms with E-state index in [1.54, 1.807) is 0 Å². The molecule has 0 unspecified atom stereocenters. The molecule has 0 radical (unpaired) electrons. The number of carbonyl (C=O) groups excluding carboxylic acids is 2. The zero-order chi connectivity index (χ0) is 18.8. The van der Waals surface area contributed by atoms with Gasteiger partial charge in [-0.1, -0.05) is 49.4 Å². The molecule has 0 saturated carbocycles. The number of urea groups is 1. The Hall–Kier alpha value is -3.02. The van der Waals surface area contributed by atoms with Gasteiger partial charge in [0, 0.05) is 20.1 Å². The van der Waals surface area contributed by atoms with Gasteiger partial charge in [0.2, 0.25) is 5.91 Å². The predicted molar refractivity (Wildman–Crippen MR) is 105 cm³/mol. The Balaban J connectivity index is 1.93. The first kappa shape index (κ1) is 19.3. The van der Waals surface area contributed by atoms with E-state index in [-0.39, 0.29) is 12.5 Å². The molecule has 0 atom stereocenters. The van der Waals surface area contributed by atoms with Crippen LogP contribution in [0.3, 0.4) is 0 Å². The molecule has 0 heterocycles.